The number of benzene rings is 3. The summed E-state index contributed by atoms with van der Waals surface area (Å²) in [6.45, 7) is -0.176. The fraction of sp³-hybridized carbons (Fsp3) is 0.0455. The number of nitrogens with zero attached hydrogens (tertiary/aromatic N) is 1. The summed E-state index contributed by atoms with van der Waals surface area (Å²) in [5.74, 6) is -0.207. The number of halogens is 1. The lowest BCUT2D eigenvalue weighted by molar-refractivity contribution is -0.118. The number of amides is 2. The number of aliphatic imine (C=N–C) groups is 1. The molecule has 4 rings (SSSR count). The second kappa shape index (κ2) is 8.73. The van der Waals surface area contributed by atoms with Crippen molar-refractivity contribution in [3.63, 3.8) is 0 Å². The van der Waals surface area contributed by atoms with Gasteiger partial charge >= 0.3 is 0 Å². The van der Waals surface area contributed by atoms with Crippen molar-refractivity contribution in [1.29, 1.82) is 0 Å². The number of amidine groups is 1. The predicted octanol–water partition coefficient (Wildman–Crippen LogP) is 4.55. The van der Waals surface area contributed by atoms with E-state index < -0.39 is 5.91 Å². The van der Waals surface area contributed by atoms with Crippen LogP contribution < -0.4 is 15.8 Å². The molecular formula is C22H16BrN3O3S. The molecule has 1 heterocycles. The lowest BCUT2D eigenvalue weighted by atomic mass is 10.1. The highest BCUT2D eigenvalue weighted by atomic mass is 79.9. The highest BCUT2D eigenvalue weighted by molar-refractivity contribution is 9.10. The van der Waals surface area contributed by atoms with Crippen molar-refractivity contribution in [1.82, 2.24) is 0 Å². The van der Waals surface area contributed by atoms with Gasteiger partial charge in [0.25, 0.3) is 11.8 Å². The normalized spacial score (nSPS) is 14.8. The molecule has 0 unspecified atom stereocenters. The van der Waals surface area contributed by atoms with Gasteiger partial charge in [0.05, 0.1) is 4.91 Å². The minimum absolute atomic E-state index is 0.176. The molecule has 0 aliphatic carbocycles. The number of hydrogen-bond acceptors (Lipinski definition) is 5. The van der Waals surface area contributed by atoms with Gasteiger partial charge in [0.15, 0.2) is 11.8 Å². The highest BCUT2D eigenvalue weighted by Gasteiger charge is 2.20. The number of anilines is 1. The maximum absolute atomic E-state index is 12.4. The van der Waals surface area contributed by atoms with E-state index in [9.17, 15) is 9.59 Å². The Labute approximate surface area is 185 Å². The average Bonchev–Trinajstić information content (AvgIpc) is 3.04. The Morgan fingerprint density at radius 3 is 2.70 bits per heavy atom. The van der Waals surface area contributed by atoms with Crippen LogP contribution >= 0.6 is 27.7 Å². The first-order chi connectivity index (χ1) is 14.5. The molecule has 0 atom stereocenters. The van der Waals surface area contributed by atoms with Crippen molar-refractivity contribution in [3.8, 4) is 5.75 Å². The zero-order valence-electron chi connectivity index (χ0n) is 15.6. The summed E-state index contributed by atoms with van der Waals surface area (Å²) >= 11 is 4.51. The van der Waals surface area contributed by atoms with Crippen molar-refractivity contribution in [3.05, 3.63) is 75.6 Å². The molecular weight excluding hydrogens is 466 g/mol. The molecule has 150 valence electrons. The maximum atomic E-state index is 12.4. The van der Waals surface area contributed by atoms with Gasteiger partial charge in [-0.15, -0.1) is 0 Å². The van der Waals surface area contributed by atoms with Crippen molar-refractivity contribution >= 4 is 67.2 Å². The quantitative estimate of drug-likeness (QED) is 0.521. The van der Waals surface area contributed by atoms with E-state index in [1.165, 1.54) is 0 Å². The number of fused-ring (bicyclic) bond motifs is 1. The smallest absolute Gasteiger partial charge is 0.286 e. The number of carbonyl (C=O) groups excluding carboxylic acids is 2. The van der Waals surface area contributed by atoms with Gasteiger partial charge in [-0.1, -0.05) is 46.3 Å². The molecule has 0 spiro atoms. The van der Waals surface area contributed by atoms with Crippen LogP contribution in [0.15, 0.2) is 75.0 Å². The van der Waals surface area contributed by atoms with E-state index in [2.05, 4.69) is 26.2 Å². The van der Waals surface area contributed by atoms with Crippen LogP contribution in [0.3, 0.4) is 0 Å². The molecule has 0 saturated heterocycles. The SMILES string of the molecule is NC1=NC(=O)/C(=C/c2cc(Br)ccc2OCC(=O)Nc2ccc3ccccc3c2)S1. The topological polar surface area (TPSA) is 93.8 Å². The first kappa shape index (κ1) is 20.2. The fourth-order valence-electron chi connectivity index (χ4n) is 2.94. The lowest BCUT2D eigenvalue weighted by Gasteiger charge is -2.11. The minimum atomic E-state index is -0.391. The van der Waals surface area contributed by atoms with Crippen LogP contribution in [-0.2, 0) is 9.59 Å². The minimum Gasteiger partial charge on any atom is -0.483 e. The van der Waals surface area contributed by atoms with E-state index >= 15 is 0 Å². The Kier molecular flexibility index (Phi) is 5.87. The van der Waals surface area contributed by atoms with Gasteiger partial charge in [-0.05, 0) is 58.9 Å². The van der Waals surface area contributed by atoms with Gasteiger partial charge in [0.1, 0.15) is 5.75 Å². The summed E-state index contributed by atoms with van der Waals surface area (Å²) in [5.41, 5.74) is 6.94. The van der Waals surface area contributed by atoms with Gasteiger partial charge in [-0.2, -0.15) is 4.99 Å². The number of nitrogens with two attached hydrogens (primary N) is 1. The van der Waals surface area contributed by atoms with Gasteiger partial charge in [0, 0.05) is 15.7 Å². The molecule has 6 nitrogen and oxygen atoms in total. The molecule has 0 aromatic heterocycles. The van der Waals surface area contributed by atoms with Gasteiger partial charge in [0.2, 0.25) is 0 Å². The van der Waals surface area contributed by atoms with Crippen LogP contribution in [-0.4, -0.2) is 23.6 Å². The summed E-state index contributed by atoms with van der Waals surface area (Å²) in [4.78, 5) is 28.4. The Morgan fingerprint density at radius 2 is 1.93 bits per heavy atom. The molecule has 2 amide bonds. The largest absolute Gasteiger partial charge is 0.483 e. The van der Waals surface area contributed by atoms with Crippen molar-refractivity contribution < 1.29 is 14.3 Å². The third-order valence-corrected chi connectivity index (χ3v) is 5.59. The lowest BCUT2D eigenvalue weighted by Crippen LogP contribution is -2.20. The zero-order valence-corrected chi connectivity index (χ0v) is 18.0. The second-order valence-corrected chi connectivity index (χ2v) is 8.42. The molecule has 3 N–H and O–H groups in total. The standard InChI is InChI=1S/C22H16BrN3O3S/c23-16-6-8-18(15(9-16)11-19-21(28)26-22(24)30-19)29-12-20(27)25-17-7-5-13-3-1-2-4-14(13)10-17/h1-11H,12H2,(H,25,27)(H2,24,26,28)/b19-11-. The van der Waals surface area contributed by atoms with E-state index in [0.717, 1.165) is 27.0 Å². The third kappa shape index (κ3) is 4.72. The van der Waals surface area contributed by atoms with E-state index in [-0.39, 0.29) is 17.7 Å². The average molecular weight is 482 g/mol. The van der Waals surface area contributed by atoms with E-state index in [1.807, 2.05) is 42.5 Å². The Hall–Kier alpha value is -3.10. The number of thioether (sulfide) groups is 1. The van der Waals surface area contributed by atoms with Crippen LogP contribution in [0.4, 0.5) is 5.69 Å². The van der Waals surface area contributed by atoms with Crippen molar-refractivity contribution in [2.45, 2.75) is 0 Å². The summed E-state index contributed by atoms with van der Waals surface area (Å²) in [6.07, 6.45) is 1.65. The molecule has 0 saturated carbocycles. The Bertz CT molecular complexity index is 1220. The number of rotatable bonds is 5. The van der Waals surface area contributed by atoms with Crippen LogP contribution in [0.5, 0.6) is 5.75 Å². The zero-order chi connectivity index (χ0) is 21.1. The molecule has 0 fully saturated rings. The first-order valence-electron chi connectivity index (χ1n) is 8.97. The van der Waals surface area contributed by atoms with Gasteiger partial charge < -0.3 is 15.8 Å². The second-order valence-electron chi connectivity index (χ2n) is 6.45. The van der Waals surface area contributed by atoms with Gasteiger partial charge in [-0.25, -0.2) is 0 Å². The summed E-state index contributed by atoms with van der Waals surface area (Å²) in [6, 6.07) is 19.0. The molecule has 3 aromatic rings. The molecule has 1 aliphatic heterocycles. The van der Waals surface area contributed by atoms with E-state index in [0.29, 0.717) is 21.9 Å². The molecule has 3 aromatic carbocycles. The predicted molar refractivity (Wildman–Crippen MR) is 124 cm³/mol. The van der Waals surface area contributed by atoms with Crippen LogP contribution in [0.1, 0.15) is 5.56 Å². The molecule has 8 heteroatoms. The summed E-state index contributed by atoms with van der Waals surface area (Å²) in [5, 5.41) is 5.19. The summed E-state index contributed by atoms with van der Waals surface area (Å²) < 4.78 is 6.53. The van der Waals surface area contributed by atoms with Crippen LogP contribution in [0.2, 0.25) is 0 Å². The molecule has 1 aliphatic rings. The third-order valence-electron chi connectivity index (χ3n) is 4.29. The Balaban J connectivity index is 1.46. The van der Waals surface area contributed by atoms with Crippen LogP contribution in [0, 0.1) is 0 Å². The molecule has 0 bridgehead atoms. The number of hydrogen-bond donors (Lipinski definition) is 2. The van der Waals surface area contributed by atoms with E-state index in [1.54, 1.807) is 24.3 Å². The van der Waals surface area contributed by atoms with Crippen LogP contribution in [0.25, 0.3) is 16.8 Å². The monoisotopic (exact) mass is 481 g/mol. The van der Waals surface area contributed by atoms with Gasteiger partial charge in [-0.3, -0.25) is 9.59 Å². The number of nitrogens with one attached hydrogen (secondary N) is 1. The molecule has 30 heavy (non-hydrogen) atoms. The fourth-order valence-corrected chi connectivity index (χ4v) is 3.99. The summed E-state index contributed by atoms with van der Waals surface area (Å²) in [7, 11) is 0. The highest BCUT2D eigenvalue weighted by Crippen LogP contribution is 2.31. The Morgan fingerprint density at radius 1 is 1.13 bits per heavy atom. The first-order valence-corrected chi connectivity index (χ1v) is 10.6. The van der Waals surface area contributed by atoms with Crippen molar-refractivity contribution in [2.75, 3.05) is 11.9 Å². The van der Waals surface area contributed by atoms with E-state index in [4.69, 9.17) is 10.5 Å². The maximum Gasteiger partial charge on any atom is 0.286 e. The number of ether oxygens (including phenoxy) is 1. The van der Waals surface area contributed by atoms with Crippen molar-refractivity contribution in [2.24, 2.45) is 10.7 Å². The number of carbonyl (C=O) groups is 2. The molecule has 0 radical (unpaired) electrons.